The molecule has 3 nitrogen and oxygen atoms in total. The Kier molecular flexibility index (Phi) is 4.06. The molecule has 0 saturated heterocycles. The number of ether oxygens (including phenoxy) is 1. The normalized spacial score (nSPS) is 45.5. The molecule has 0 N–H and O–H groups in total. The van der Waals surface area contributed by atoms with Crippen molar-refractivity contribution in [2.45, 2.75) is 64.9 Å². The van der Waals surface area contributed by atoms with Crippen LogP contribution in [0.5, 0.6) is 0 Å². The lowest BCUT2D eigenvalue weighted by molar-refractivity contribution is -0.156. The summed E-state index contributed by atoms with van der Waals surface area (Å²) in [4.78, 5) is 23.4. The summed E-state index contributed by atoms with van der Waals surface area (Å²) in [5.74, 6) is 5.61. The first-order chi connectivity index (χ1) is 11.9. The number of esters is 1. The molecular formula is C22H28O3. The number of hydrogen-bond acceptors (Lipinski definition) is 3. The highest BCUT2D eigenvalue weighted by molar-refractivity contribution is 5.91. The quantitative estimate of drug-likeness (QED) is 0.537. The molecule has 0 aliphatic heterocycles. The predicted molar refractivity (Wildman–Crippen MR) is 95.4 cm³/mol. The number of terminal acetylenes is 1. The van der Waals surface area contributed by atoms with Gasteiger partial charge in [-0.05, 0) is 68.3 Å². The van der Waals surface area contributed by atoms with Gasteiger partial charge in [-0.15, -0.1) is 12.3 Å². The van der Waals surface area contributed by atoms with E-state index in [9.17, 15) is 9.59 Å². The average molecular weight is 340 g/mol. The first-order valence-corrected chi connectivity index (χ1v) is 9.80. The minimum absolute atomic E-state index is 0.0410. The van der Waals surface area contributed by atoms with Crippen LogP contribution in [0.3, 0.4) is 0 Å². The number of carbonyl (C=O) groups excluding carboxylic acids is 2. The van der Waals surface area contributed by atoms with Gasteiger partial charge in [0.1, 0.15) is 6.10 Å². The SMILES string of the molecule is C#C[C@@H]1CC2=CC(=O)CCC2C2CC[C@@]3(C)C(CC[C@@H]3OC(C)=O)C21. The predicted octanol–water partition coefficient (Wildman–Crippen LogP) is 3.92. The van der Waals surface area contributed by atoms with E-state index in [1.807, 2.05) is 6.08 Å². The average Bonchev–Trinajstić information content (AvgIpc) is 2.89. The molecule has 3 heteroatoms. The van der Waals surface area contributed by atoms with E-state index in [-0.39, 0.29) is 29.2 Å². The van der Waals surface area contributed by atoms with E-state index in [1.54, 1.807) is 0 Å². The van der Waals surface area contributed by atoms with Gasteiger partial charge in [-0.3, -0.25) is 9.59 Å². The highest BCUT2D eigenvalue weighted by Crippen LogP contribution is 2.63. The Morgan fingerprint density at radius 1 is 1.32 bits per heavy atom. The molecule has 0 radical (unpaired) electrons. The molecule has 3 fully saturated rings. The van der Waals surface area contributed by atoms with Crippen molar-refractivity contribution in [3.05, 3.63) is 11.6 Å². The summed E-state index contributed by atoms with van der Waals surface area (Å²) in [6, 6.07) is 0. The third-order valence-electron chi connectivity index (χ3n) is 7.78. The Balaban J connectivity index is 1.66. The van der Waals surface area contributed by atoms with Gasteiger partial charge in [0, 0.05) is 24.7 Å². The Hall–Kier alpha value is -1.56. The fraction of sp³-hybridized carbons (Fsp3) is 0.727. The van der Waals surface area contributed by atoms with Crippen LogP contribution in [0, 0.1) is 47.3 Å². The van der Waals surface area contributed by atoms with Crippen LogP contribution in [0.25, 0.3) is 0 Å². The molecule has 0 bridgehead atoms. The zero-order valence-electron chi connectivity index (χ0n) is 15.3. The Morgan fingerprint density at radius 2 is 2.12 bits per heavy atom. The van der Waals surface area contributed by atoms with Crippen LogP contribution in [0.4, 0.5) is 0 Å². The fourth-order valence-electron chi connectivity index (χ4n) is 6.75. The van der Waals surface area contributed by atoms with Gasteiger partial charge in [-0.2, -0.15) is 0 Å². The number of ketones is 1. The number of fused-ring (bicyclic) bond motifs is 5. The van der Waals surface area contributed by atoms with Crippen molar-refractivity contribution < 1.29 is 14.3 Å². The van der Waals surface area contributed by atoms with Gasteiger partial charge in [0.2, 0.25) is 0 Å². The maximum Gasteiger partial charge on any atom is 0.302 e. The minimum Gasteiger partial charge on any atom is -0.462 e. The third kappa shape index (κ3) is 2.57. The van der Waals surface area contributed by atoms with Crippen molar-refractivity contribution in [1.29, 1.82) is 0 Å². The third-order valence-corrected chi connectivity index (χ3v) is 7.78. The highest BCUT2D eigenvalue weighted by atomic mass is 16.5. The largest absolute Gasteiger partial charge is 0.462 e. The molecule has 3 saturated carbocycles. The van der Waals surface area contributed by atoms with Gasteiger partial charge in [-0.25, -0.2) is 0 Å². The second kappa shape index (κ2) is 6.01. The molecule has 4 aliphatic carbocycles. The maximum atomic E-state index is 11.9. The molecule has 4 rings (SSSR count). The number of allylic oxidation sites excluding steroid dienone is 1. The Labute approximate surface area is 150 Å². The molecule has 0 aromatic rings. The molecule has 0 amide bonds. The summed E-state index contributed by atoms with van der Waals surface area (Å²) in [5, 5.41) is 0. The molecule has 4 unspecified atom stereocenters. The van der Waals surface area contributed by atoms with Crippen LogP contribution >= 0.6 is 0 Å². The minimum atomic E-state index is -0.165. The number of hydrogen-bond donors (Lipinski definition) is 0. The molecule has 0 aromatic carbocycles. The molecular weight excluding hydrogens is 312 g/mol. The molecule has 0 heterocycles. The van der Waals surface area contributed by atoms with Crippen LogP contribution in [-0.4, -0.2) is 17.9 Å². The Morgan fingerprint density at radius 3 is 2.84 bits per heavy atom. The molecule has 134 valence electrons. The second-order valence-electron chi connectivity index (χ2n) is 8.88. The summed E-state index contributed by atoms with van der Waals surface area (Å²) in [6.07, 6.45) is 14.8. The van der Waals surface area contributed by atoms with Crippen molar-refractivity contribution in [1.82, 2.24) is 0 Å². The molecule has 7 atom stereocenters. The van der Waals surface area contributed by atoms with E-state index >= 15 is 0 Å². The van der Waals surface area contributed by atoms with E-state index in [2.05, 4.69) is 12.8 Å². The van der Waals surface area contributed by atoms with Crippen molar-refractivity contribution in [2.75, 3.05) is 0 Å². The lowest BCUT2D eigenvalue weighted by Gasteiger charge is -2.55. The van der Waals surface area contributed by atoms with Crippen LogP contribution in [0.1, 0.15) is 58.8 Å². The van der Waals surface area contributed by atoms with Crippen molar-refractivity contribution in [3.8, 4) is 12.3 Å². The van der Waals surface area contributed by atoms with Gasteiger partial charge in [0.25, 0.3) is 0 Å². The van der Waals surface area contributed by atoms with Crippen molar-refractivity contribution >= 4 is 11.8 Å². The van der Waals surface area contributed by atoms with Crippen LogP contribution in [0.2, 0.25) is 0 Å². The maximum absolute atomic E-state index is 11.9. The molecule has 4 aliphatic rings. The summed E-state index contributed by atoms with van der Waals surface area (Å²) in [7, 11) is 0. The van der Waals surface area contributed by atoms with Crippen LogP contribution in [0.15, 0.2) is 11.6 Å². The topological polar surface area (TPSA) is 43.4 Å². The first kappa shape index (κ1) is 16.9. The highest BCUT2D eigenvalue weighted by Gasteiger charge is 2.59. The van der Waals surface area contributed by atoms with Crippen LogP contribution in [-0.2, 0) is 14.3 Å². The van der Waals surface area contributed by atoms with E-state index in [0.29, 0.717) is 30.1 Å². The Bertz CT molecular complexity index is 669. The molecule has 25 heavy (non-hydrogen) atoms. The summed E-state index contributed by atoms with van der Waals surface area (Å²) in [5.41, 5.74) is 1.38. The summed E-state index contributed by atoms with van der Waals surface area (Å²) < 4.78 is 5.71. The lowest BCUT2D eigenvalue weighted by Crippen LogP contribution is -2.51. The number of carbonyl (C=O) groups is 2. The van der Waals surface area contributed by atoms with Gasteiger partial charge in [0.05, 0.1) is 0 Å². The smallest absolute Gasteiger partial charge is 0.302 e. The van der Waals surface area contributed by atoms with E-state index < -0.39 is 0 Å². The van der Waals surface area contributed by atoms with E-state index in [1.165, 1.54) is 12.5 Å². The lowest BCUT2D eigenvalue weighted by atomic mass is 9.49. The van der Waals surface area contributed by atoms with Gasteiger partial charge in [-0.1, -0.05) is 12.5 Å². The van der Waals surface area contributed by atoms with Crippen molar-refractivity contribution in [2.24, 2.45) is 35.0 Å². The standard InChI is InChI=1S/C22H28O3/c1-4-14-11-15-12-16(24)5-6-17(15)18-9-10-22(3)19(21(14)18)7-8-20(22)25-13(2)23/h1,12,14,17-21H,5-11H2,2-3H3/t14-,17?,18?,19?,20+,21?,22+/m1/s1. The number of rotatable bonds is 1. The van der Waals surface area contributed by atoms with Gasteiger partial charge >= 0.3 is 5.97 Å². The van der Waals surface area contributed by atoms with E-state index in [4.69, 9.17) is 11.2 Å². The second-order valence-corrected chi connectivity index (χ2v) is 8.88. The summed E-state index contributed by atoms with van der Waals surface area (Å²) >= 11 is 0. The first-order valence-electron chi connectivity index (χ1n) is 9.80. The summed E-state index contributed by atoms with van der Waals surface area (Å²) in [6.45, 7) is 3.83. The zero-order chi connectivity index (χ0) is 17.8. The molecule has 0 aromatic heterocycles. The van der Waals surface area contributed by atoms with E-state index in [0.717, 1.165) is 38.5 Å². The fourth-order valence-corrected chi connectivity index (χ4v) is 6.75. The zero-order valence-corrected chi connectivity index (χ0v) is 15.3. The monoisotopic (exact) mass is 340 g/mol. The van der Waals surface area contributed by atoms with Gasteiger partial charge in [0.15, 0.2) is 5.78 Å². The van der Waals surface area contributed by atoms with Gasteiger partial charge < -0.3 is 4.74 Å². The van der Waals surface area contributed by atoms with Crippen LogP contribution < -0.4 is 0 Å². The van der Waals surface area contributed by atoms with Crippen molar-refractivity contribution in [3.63, 3.8) is 0 Å². The molecule has 0 spiro atoms.